The van der Waals surface area contributed by atoms with Gasteiger partial charge in [0.05, 0.1) is 12.3 Å². The van der Waals surface area contributed by atoms with Crippen molar-refractivity contribution in [2.45, 2.75) is 25.1 Å². The Balaban J connectivity index is 1.61. The number of hydrogen-bond donors (Lipinski definition) is 2. The Morgan fingerprint density at radius 2 is 2.08 bits per heavy atom. The van der Waals surface area contributed by atoms with Gasteiger partial charge in [0.15, 0.2) is 11.5 Å². The van der Waals surface area contributed by atoms with Crippen LogP contribution < -0.4 is 5.32 Å². The lowest BCUT2D eigenvalue weighted by Gasteiger charge is -2.24. The number of hydrogen-bond acceptors (Lipinski definition) is 4. The van der Waals surface area contributed by atoms with Gasteiger partial charge in [0.2, 0.25) is 0 Å². The summed E-state index contributed by atoms with van der Waals surface area (Å²) in [7, 11) is 0. The molecule has 7 heteroatoms. The number of β-amino-alcohol motifs (C(OH)–C–C–N with tert-alkyl or cyclic N) is 1. The molecule has 2 heterocycles. The van der Waals surface area contributed by atoms with Crippen molar-refractivity contribution in [1.82, 2.24) is 15.2 Å². The molecule has 2 N–H and O–H groups in total. The van der Waals surface area contributed by atoms with E-state index >= 15 is 0 Å². The maximum Gasteiger partial charge on any atom is 0.272 e. The van der Waals surface area contributed by atoms with Crippen LogP contribution in [-0.2, 0) is 6.54 Å². The van der Waals surface area contributed by atoms with Crippen molar-refractivity contribution in [1.29, 1.82) is 0 Å². The molecule has 1 aliphatic rings. The summed E-state index contributed by atoms with van der Waals surface area (Å²) < 4.78 is 26.5. The van der Waals surface area contributed by atoms with E-state index in [-0.39, 0.29) is 12.6 Å². The van der Waals surface area contributed by atoms with Gasteiger partial charge in [0, 0.05) is 31.7 Å². The molecule has 0 saturated carbocycles. The lowest BCUT2D eigenvalue weighted by molar-refractivity contribution is 0.0930. The Morgan fingerprint density at radius 3 is 2.80 bits per heavy atom. The molecule has 5 nitrogen and oxygen atoms in total. The third-order valence-electron chi connectivity index (χ3n) is 4.26. The summed E-state index contributed by atoms with van der Waals surface area (Å²) in [5, 5.41) is 12.6. The third-order valence-corrected chi connectivity index (χ3v) is 4.26. The highest BCUT2D eigenvalue weighted by molar-refractivity contribution is 5.92. The van der Waals surface area contributed by atoms with Crippen LogP contribution in [-0.4, -0.2) is 46.1 Å². The second kappa shape index (κ2) is 7.67. The number of pyridine rings is 1. The van der Waals surface area contributed by atoms with Crippen LogP contribution in [0.4, 0.5) is 8.78 Å². The SMILES string of the molecule is O=C(NC[C@H]1C[C@H](O)CN1Cc1ccccc1)c1ncc(F)cc1F. The second-order valence-electron chi connectivity index (χ2n) is 6.15. The first kappa shape index (κ1) is 17.4. The maximum atomic E-state index is 13.6. The molecule has 0 unspecified atom stereocenters. The number of benzene rings is 1. The molecule has 0 spiro atoms. The van der Waals surface area contributed by atoms with Crippen LogP contribution in [0, 0.1) is 11.6 Å². The lowest BCUT2D eigenvalue weighted by Crippen LogP contribution is -2.40. The number of rotatable bonds is 5. The molecule has 0 radical (unpaired) electrons. The van der Waals surface area contributed by atoms with Crippen molar-refractivity contribution >= 4 is 5.91 Å². The van der Waals surface area contributed by atoms with E-state index in [1.807, 2.05) is 30.3 Å². The topological polar surface area (TPSA) is 65.5 Å². The zero-order chi connectivity index (χ0) is 17.8. The molecule has 1 fully saturated rings. The Bertz CT molecular complexity index is 742. The molecule has 1 saturated heterocycles. The molecular formula is C18H19F2N3O2. The van der Waals surface area contributed by atoms with Gasteiger partial charge >= 0.3 is 0 Å². The van der Waals surface area contributed by atoms with Crippen molar-refractivity contribution in [2.75, 3.05) is 13.1 Å². The molecule has 1 aromatic carbocycles. The van der Waals surface area contributed by atoms with Gasteiger partial charge in [-0.3, -0.25) is 9.69 Å². The summed E-state index contributed by atoms with van der Waals surface area (Å²) in [5.74, 6) is -2.52. The number of amides is 1. The minimum atomic E-state index is -0.995. The van der Waals surface area contributed by atoms with Crippen LogP contribution >= 0.6 is 0 Å². The molecule has 1 aliphatic heterocycles. The molecular weight excluding hydrogens is 328 g/mol. The summed E-state index contributed by atoms with van der Waals surface area (Å²) in [4.78, 5) is 17.6. The van der Waals surface area contributed by atoms with Crippen LogP contribution in [0.1, 0.15) is 22.5 Å². The van der Waals surface area contributed by atoms with E-state index in [4.69, 9.17) is 0 Å². The quantitative estimate of drug-likeness (QED) is 0.865. The van der Waals surface area contributed by atoms with E-state index < -0.39 is 29.3 Å². The molecule has 1 amide bonds. The minimum Gasteiger partial charge on any atom is -0.392 e. The van der Waals surface area contributed by atoms with E-state index in [9.17, 15) is 18.7 Å². The van der Waals surface area contributed by atoms with E-state index in [1.54, 1.807) is 0 Å². The summed E-state index contributed by atoms with van der Waals surface area (Å²) in [6.07, 6.45) is 0.858. The number of nitrogens with zero attached hydrogens (tertiary/aromatic N) is 2. The van der Waals surface area contributed by atoms with Gasteiger partial charge in [-0.2, -0.15) is 0 Å². The van der Waals surface area contributed by atoms with Crippen molar-refractivity contribution < 1.29 is 18.7 Å². The Morgan fingerprint density at radius 1 is 1.32 bits per heavy atom. The number of carbonyl (C=O) groups excluding carboxylic acids is 1. The third kappa shape index (κ3) is 4.37. The predicted octanol–water partition coefficient (Wildman–Crippen LogP) is 1.72. The molecule has 132 valence electrons. The number of halogens is 2. The summed E-state index contributed by atoms with van der Waals surface area (Å²) in [5.41, 5.74) is 0.675. The van der Waals surface area contributed by atoms with Gasteiger partial charge in [0.25, 0.3) is 5.91 Å². The summed E-state index contributed by atoms with van der Waals surface area (Å²) >= 11 is 0. The van der Waals surface area contributed by atoms with Gasteiger partial charge in [-0.15, -0.1) is 0 Å². The Kier molecular flexibility index (Phi) is 5.35. The molecule has 1 aromatic heterocycles. The average molecular weight is 347 g/mol. The van der Waals surface area contributed by atoms with Gasteiger partial charge in [-0.25, -0.2) is 13.8 Å². The van der Waals surface area contributed by atoms with E-state index in [1.165, 1.54) is 0 Å². The fourth-order valence-corrected chi connectivity index (χ4v) is 3.06. The van der Waals surface area contributed by atoms with Crippen LogP contribution in [0.2, 0.25) is 0 Å². The number of aromatic nitrogens is 1. The standard InChI is InChI=1S/C18H19F2N3O2/c19-13-6-16(20)17(21-8-13)18(25)22-9-14-7-15(24)11-23(14)10-12-4-2-1-3-5-12/h1-6,8,14-15,24H,7,9-11H2,(H,22,25)/t14-,15+/m1/s1. The van der Waals surface area contributed by atoms with Crippen molar-refractivity contribution in [3.05, 3.63) is 65.5 Å². The van der Waals surface area contributed by atoms with Crippen LogP contribution in [0.5, 0.6) is 0 Å². The van der Waals surface area contributed by atoms with Crippen LogP contribution in [0.15, 0.2) is 42.6 Å². The zero-order valence-electron chi connectivity index (χ0n) is 13.5. The molecule has 3 rings (SSSR count). The van der Waals surface area contributed by atoms with Gasteiger partial charge < -0.3 is 10.4 Å². The van der Waals surface area contributed by atoms with E-state index in [2.05, 4.69) is 15.2 Å². The average Bonchev–Trinajstić information content (AvgIpc) is 2.93. The highest BCUT2D eigenvalue weighted by Crippen LogP contribution is 2.20. The normalized spacial score (nSPS) is 20.6. The van der Waals surface area contributed by atoms with Crippen LogP contribution in [0.3, 0.4) is 0 Å². The molecule has 25 heavy (non-hydrogen) atoms. The fourth-order valence-electron chi connectivity index (χ4n) is 3.06. The first-order valence-electron chi connectivity index (χ1n) is 8.08. The van der Waals surface area contributed by atoms with Crippen molar-refractivity contribution in [2.24, 2.45) is 0 Å². The lowest BCUT2D eigenvalue weighted by atomic mass is 10.1. The molecule has 2 aromatic rings. The van der Waals surface area contributed by atoms with Crippen molar-refractivity contribution in [3.63, 3.8) is 0 Å². The number of likely N-dealkylation sites (tertiary alicyclic amines) is 1. The van der Waals surface area contributed by atoms with Crippen LogP contribution in [0.25, 0.3) is 0 Å². The first-order chi connectivity index (χ1) is 12.0. The predicted molar refractivity (Wildman–Crippen MR) is 87.8 cm³/mol. The largest absolute Gasteiger partial charge is 0.392 e. The van der Waals surface area contributed by atoms with E-state index in [0.29, 0.717) is 25.6 Å². The number of carbonyl (C=O) groups is 1. The highest BCUT2D eigenvalue weighted by Gasteiger charge is 2.31. The van der Waals surface area contributed by atoms with Crippen molar-refractivity contribution in [3.8, 4) is 0 Å². The number of aliphatic hydroxyl groups excluding tert-OH is 1. The van der Waals surface area contributed by atoms with Gasteiger partial charge in [-0.05, 0) is 12.0 Å². The Hall–Kier alpha value is -2.38. The number of nitrogens with one attached hydrogen (secondary N) is 1. The first-order valence-corrected chi connectivity index (χ1v) is 8.08. The molecule has 0 aliphatic carbocycles. The number of aliphatic hydroxyl groups is 1. The zero-order valence-corrected chi connectivity index (χ0v) is 13.5. The highest BCUT2D eigenvalue weighted by atomic mass is 19.1. The van der Waals surface area contributed by atoms with Gasteiger partial charge in [-0.1, -0.05) is 30.3 Å². The molecule has 2 atom stereocenters. The summed E-state index contributed by atoms with van der Waals surface area (Å²) in [6.45, 7) is 1.42. The fraction of sp³-hybridized carbons (Fsp3) is 0.333. The second-order valence-corrected chi connectivity index (χ2v) is 6.15. The minimum absolute atomic E-state index is 0.0670. The van der Waals surface area contributed by atoms with Gasteiger partial charge in [0.1, 0.15) is 5.82 Å². The monoisotopic (exact) mass is 347 g/mol. The maximum absolute atomic E-state index is 13.6. The molecule has 0 bridgehead atoms. The summed E-state index contributed by atoms with van der Waals surface area (Å²) in [6, 6.07) is 10.4. The Labute approximate surface area is 144 Å². The smallest absolute Gasteiger partial charge is 0.272 e. The van der Waals surface area contributed by atoms with E-state index in [0.717, 1.165) is 11.8 Å².